The minimum absolute atomic E-state index is 0.289. The Morgan fingerprint density at radius 3 is 2.95 bits per heavy atom. The van der Waals surface area contributed by atoms with Crippen LogP contribution in [0, 0.1) is 0 Å². The van der Waals surface area contributed by atoms with Crippen molar-refractivity contribution >= 4 is 17.5 Å². The van der Waals surface area contributed by atoms with Crippen LogP contribution in [-0.2, 0) is 9.47 Å². The molecule has 1 heterocycles. The number of ether oxygens (including phenoxy) is 2. The highest BCUT2D eigenvalue weighted by molar-refractivity contribution is 5.97. The van der Waals surface area contributed by atoms with Gasteiger partial charge in [-0.05, 0) is 25.8 Å². The fourth-order valence-corrected chi connectivity index (χ4v) is 2.04. The summed E-state index contributed by atoms with van der Waals surface area (Å²) in [5, 5.41) is 3.22. The number of methoxy groups -OCH3 is 1. The van der Waals surface area contributed by atoms with E-state index in [9.17, 15) is 4.79 Å². The Morgan fingerprint density at radius 1 is 1.58 bits per heavy atom. The van der Waals surface area contributed by atoms with Crippen molar-refractivity contribution < 1.29 is 14.3 Å². The molecule has 1 aliphatic carbocycles. The number of carbonyl (C=O) groups excluding carboxylic acids is 1. The maximum absolute atomic E-state index is 11.7. The van der Waals surface area contributed by atoms with Crippen molar-refractivity contribution in [2.45, 2.75) is 31.9 Å². The highest BCUT2D eigenvalue weighted by Crippen LogP contribution is 2.29. The SMILES string of the molecule is CCOC(=O)c1ccnc(NC2CC(OC)C2)c1N. The first-order valence-electron chi connectivity index (χ1n) is 6.36. The summed E-state index contributed by atoms with van der Waals surface area (Å²) in [6.45, 7) is 2.08. The van der Waals surface area contributed by atoms with Crippen LogP contribution in [0.5, 0.6) is 0 Å². The first kappa shape index (κ1) is 13.6. The molecule has 3 N–H and O–H groups in total. The Kier molecular flexibility index (Phi) is 4.21. The number of nitrogens with zero attached hydrogens (tertiary/aromatic N) is 1. The van der Waals surface area contributed by atoms with Gasteiger partial charge in [0, 0.05) is 19.3 Å². The van der Waals surface area contributed by atoms with Crippen molar-refractivity contribution in [3.8, 4) is 0 Å². The molecule has 0 bridgehead atoms. The van der Waals surface area contributed by atoms with Gasteiger partial charge in [0.2, 0.25) is 0 Å². The molecule has 0 spiro atoms. The zero-order valence-corrected chi connectivity index (χ0v) is 11.2. The quantitative estimate of drug-likeness (QED) is 0.783. The fraction of sp³-hybridized carbons (Fsp3) is 0.538. The predicted octanol–water partition coefficient (Wildman–Crippen LogP) is 1.43. The Bertz CT molecular complexity index is 458. The first-order valence-corrected chi connectivity index (χ1v) is 6.36. The maximum Gasteiger partial charge on any atom is 0.340 e. The lowest BCUT2D eigenvalue weighted by molar-refractivity contribution is 0.0328. The lowest BCUT2D eigenvalue weighted by Gasteiger charge is -2.35. The van der Waals surface area contributed by atoms with Gasteiger partial charge in [0.15, 0.2) is 0 Å². The van der Waals surface area contributed by atoms with Gasteiger partial charge in [-0.1, -0.05) is 0 Å². The molecule has 0 radical (unpaired) electrons. The van der Waals surface area contributed by atoms with Crippen LogP contribution in [0.1, 0.15) is 30.1 Å². The lowest BCUT2D eigenvalue weighted by Crippen LogP contribution is -2.40. The predicted molar refractivity (Wildman–Crippen MR) is 72.0 cm³/mol. The van der Waals surface area contributed by atoms with Crippen molar-refractivity contribution in [3.05, 3.63) is 17.8 Å². The molecular formula is C13H19N3O3. The molecule has 6 nitrogen and oxygen atoms in total. The number of nitrogens with one attached hydrogen (secondary N) is 1. The number of anilines is 2. The number of aromatic nitrogens is 1. The molecule has 1 fully saturated rings. The largest absolute Gasteiger partial charge is 0.462 e. The average Bonchev–Trinajstić information content (AvgIpc) is 2.35. The zero-order chi connectivity index (χ0) is 13.8. The summed E-state index contributed by atoms with van der Waals surface area (Å²) >= 11 is 0. The van der Waals surface area contributed by atoms with Crippen molar-refractivity contribution in [1.29, 1.82) is 0 Å². The summed E-state index contributed by atoms with van der Waals surface area (Å²) in [6.07, 6.45) is 3.69. The van der Waals surface area contributed by atoms with Crippen LogP contribution in [0.3, 0.4) is 0 Å². The summed E-state index contributed by atoms with van der Waals surface area (Å²) in [5.74, 6) is 0.110. The van der Waals surface area contributed by atoms with Gasteiger partial charge in [-0.3, -0.25) is 0 Å². The number of hydrogen-bond acceptors (Lipinski definition) is 6. The monoisotopic (exact) mass is 265 g/mol. The number of nitrogen functional groups attached to an aromatic ring is 1. The third-order valence-corrected chi connectivity index (χ3v) is 3.25. The highest BCUT2D eigenvalue weighted by Gasteiger charge is 2.29. The van der Waals surface area contributed by atoms with Gasteiger partial charge >= 0.3 is 5.97 Å². The van der Waals surface area contributed by atoms with Crippen LogP contribution in [0.4, 0.5) is 11.5 Å². The van der Waals surface area contributed by atoms with E-state index in [4.69, 9.17) is 15.2 Å². The normalized spacial score (nSPS) is 21.6. The zero-order valence-electron chi connectivity index (χ0n) is 11.2. The Morgan fingerprint density at radius 2 is 2.32 bits per heavy atom. The molecular weight excluding hydrogens is 246 g/mol. The number of pyridine rings is 1. The topological polar surface area (TPSA) is 86.5 Å². The number of hydrogen-bond donors (Lipinski definition) is 2. The van der Waals surface area contributed by atoms with E-state index in [2.05, 4.69) is 10.3 Å². The standard InChI is InChI=1S/C13H19N3O3/c1-3-19-13(17)10-4-5-15-12(11(10)14)16-8-6-9(7-8)18-2/h4-5,8-9H,3,6-7,14H2,1-2H3,(H,15,16). The van der Waals surface area contributed by atoms with E-state index in [0.717, 1.165) is 12.8 Å². The van der Waals surface area contributed by atoms with E-state index in [-0.39, 0.29) is 6.04 Å². The molecule has 0 saturated heterocycles. The minimum atomic E-state index is -0.422. The van der Waals surface area contributed by atoms with Crippen LogP contribution in [0.25, 0.3) is 0 Å². The summed E-state index contributed by atoms with van der Waals surface area (Å²) < 4.78 is 10.2. The van der Waals surface area contributed by atoms with Gasteiger partial charge in [0.25, 0.3) is 0 Å². The van der Waals surface area contributed by atoms with Gasteiger partial charge in [0.05, 0.1) is 24.0 Å². The van der Waals surface area contributed by atoms with Crippen molar-refractivity contribution in [1.82, 2.24) is 4.98 Å². The average molecular weight is 265 g/mol. The molecule has 0 aromatic carbocycles. The number of esters is 1. The Hall–Kier alpha value is -1.82. The summed E-state index contributed by atoms with van der Waals surface area (Å²) in [4.78, 5) is 15.9. The second-order valence-corrected chi connectivity index (χ2v) is 4.51. The molecule has 1 aromatic rings. The number of nitrogens with two attached hydrogens (primary N) is 1. The van der Waals surface area contributed by atoms with Crippen LogP contribution >= 0.6 is 0 Å². The molecule has 6 heteroatoms. The van der Waals surface area contributed by atoms with Crippen molar-refractivity contribution in [2.24, 2.45) is 0 Å². The highest BCUT2D eigenvalue weighted by atomic mass is 16.5. The molecule has 19 heavy (non-hydrogen) atoms. The molecule has 2 rings (SSSR count). The van der Waals surface area contributed by atoms with Crippen molar-refractivity contribution in [3.63, 3.8) is 0 Å². The molecule has 1 saturated carbocycles. The molecule has 0 aliphatic heterocycles. The van der Waals surface area contributed by atoms with Crippen LogP contribution in [0.2, 0.25) is 0 Å². The van der Waals surface area contributed by atoms with E-state index < -0.39 is 5.97 Å². The van der Waals surface area contributed by atoms with E-state index in [1.807, 2.05) is 0 Å². The molecule has 1 aliphatic rings. The van der Waals surface area contributed by atoms with Gasteiger partial charge < -0.3 is 20.5 Å². The summed E-state index contributed by atoms with van der Waals surface area (Å²) in [7, 11) is 1.70. The van der Waals surface area contributed by atoms with Gasteiger partial charge in [-0.15, -0.1) is 0 Å². The third-order valence-electron chi connectivity index (χ3n) is 3.25. The second kappa shape index (κ2) is 5.88. The van der Waals surface area contributed by atoms with Crippen LogP contribution in [-0.4, -0.2) is 36.8 Å². The smallest absolute Gasteiger partial charge is 0.340 e. The Labute approximate surface area is 112 Å². The summed E-state index contributed by atoms with van der Waals surface area (Å²) in [5.41, 5.74) is 6.64. The third kappa shape index (κ3) is 2.96. The first-order chi connectivity index (χ1) is 9.15. The molecule has 104 valence electrons. The second-order valence-electron chi connectivity index (χ2n) is 4.51. The Balaban J connectivity index is 2.05. The molecule has 0 unspecified atom stereocenters. The number of rotatable bonds is 5. The van der Waals surface area contributed by atoms with Gasteiger partial charge in [-0.2, -0.15) is 0 Å². The molecule has 1 aromatic heterocycles. The van der Waals surface area contributed by atoms with Crippen LogP contribution < -0.4 is 11.1 Å². The van der Waals surface area contributed by atoms with Gasteiger partial charge in [-0.25, -0.2) is 9.78 Å². The van der Waals surface area contributed by atoms with E-state index in [1.165, 1.54) is 0 Å². The van der Waals surface area contributed by atoms with Gasteiger partial charge in [0.1, 0.15) is 5.82 Å². The minimum Gasteiger partial charge on any atom is -0.462 e. The number of carbonyl (C=O) groups is 1. The summed E-state index contributed by atoms with van der Waals surface area (Å²) in [6, 6.07) is 1.86. The van der Waals surface area contributed by atoms with E-state index >= 15 is 0 Å². The van der Waals surface area contributed by atoms with Crippen molar-refractivity contribution in [2.75, 3.05) is 24.8 Å². The van der Waals surface area contributed by atoms with E-state index in [1.54, 1.807) is 26.3 Å². The fourth-order valence-electron chi connectivity index (χ4n) is 2.04. The van der Waals surface area contributed by atoms with Crippen LogP contribution in [0.15, 0.2) is 12.3 Å². The molecule has 0 atom stereocenters. The van der Waals surface area contributed by atoms with E-state index in [0.29, 0.717) is 29.8 Å². The maximum atomic E-state index is 11.7. The lowest BCUT2D eigenvalue weighted by atomic mass is 9.89. The molecule has 0 amide bonds.